The summed E-state index contributed by atoms with van der Waals surface area (Å²) in [5, 5.41) is 16.5. The fraction of sp³-hybridized carbons (Fsp3) is 0.190. The Morgan fingerprint density at radius 3 is 2.59 bits per heavy atom. The Kier molecular flexibility index (Phi) is 6.38. The van der Waals surface area contributed by atoms with Crippen LogP contribution in [-0.4, -0.2) is 37.2 Å². The largest absolute Gasteiger partial charge is 0.437 e. The second-order valence-corrected chi connectivity index (χ2v) is 7.75. The molecule has 0 spiro atoms. The SMILES string of the molecule is Cc1nn(-c2ccccc2)nc1-c1nn(CC(=O)NCCc2ccc(Cl)c(Cl)c2)c(=O)o1. The zero-order chi connectivity index (χ0) is 22.7. The van der Waals surface area contributed by atoms with Gasteiger partial charge >= 0.3 is 5.76 Å². The summed E-state index contributed by atoms with van der Waals surface area (Å²) >= 11 is 11.9. The molecule has 2 aromatic heterocycles. The summed E-state index contributed by atoms with van der Waals surface area (Å²) in [6, 6.07) is 14.6. The van der Waals surface area contributed by atoms with Gasteiger partial charge in [0.1, 0.15) is 6.54 Å². The number of carbonyl (C=O) groups is 1. The predicted molar refractivity (Wildman–Crippen MR) is 119 cm³/mol. The van der Waals surface area contributed by atoms with Crippen molar-refractivity contribution in [2.45, 2.75) is 19.9 Å². The number of hydrogen-bond donors (Lipinski definition) is 1. The van der Waals surface area contributed by atoms with Crippen molar-refractivity contribution in [1.82, 2.24) is 30.1 Å². The highest BCUT2D eigenvalue weighted by molar-refractivity contribution is 6.42. The van der Waals surface area contributed by atoms with Crippen LogP contribution in [0.2, 0.25) is 10.0 Å². The number of amides is 1. The number of benzene rings is 2. The lowest BCUT2D eigenvalue weighted by Gasteiger charge is -2.05. The van der Waals surface area contributed by atoms with Gasteiger partial charge in [-0.15, -0.1) is 10.2 Å². The highest BCUT2D eigenvalue weighted by Gasteiger charge is 2.19. The van der Waals surface area contributed by atoms with Gasteiger partial charge in [0.05, 0.1) is 21.4 Å². The van der Waals surface area contributed by atoms with E-state index < -0.39 is 5.76 Å². The Balaban J connectivity index is 1.40. The van der Waals surface area contributed by atoms with Crippen LogP contribution in [0.3, 0.4) is 0 Å². The van der Waals surface area contributed by atoms with Gasteiger partial charge in [0, 0.05) is 6.54 Å². The van der Waals surface area contributed by atoms with E-state index >= 15 is 0 Å². The molecular weight excluding hydrogens is 455 g/mol. The van der Waals surface area contributed by atoms with Crippen molar-refractivity contribution in [3.63, 3.8) is 0 Å². The van der Waals surface area contributed by atoms with Gasteiger partial charge in [0.25, 0.3) is 5.89 Å². The molecule has 4 rings (SSSR count). The van der Waals surface area contributed by atoms with E-state index in [1.165, 1.54) is 4.80 Å². The number of hydrogen-bond acceptors (Lipinski definition) is 6. The maximum absolute atomic E-state index is 12.2. The molecule has 4 aromatic rings. The second-order valence-electron chi connectivity index (χ2n) is 6.94. The number of nitrogens with zero attached hydrogens (tertiary/aromatic N) is 5. The molecule has 0 saturated heterocycles. The molecule has 1 amide bonds. The summed E-state index contributed by atoms with van der Waals surface area (Å²) in [7, 11) is 0. The third-order valence-corrected chi connectivity index (χ3v) is 5.33. The highest BCUT2D eigenvalue weighted by Crippen LogP contribution is 2.22. The topological polar surface area (TPSA) is 108 Å². The van der Waals surface area contributed by atoms with E-state index in [4.69, 9.17) is 27.6 Å². The Bertz CT molecular complexity index is 1310. The predicted octanol–water partition coefficient (Wildman–Crippen LogP) is 3.06. The zero-order valence-corrected chi connectivity index (χ0v) is 18.5. The van der Waals surface area contributed by atoms with Crippen molar-refractivity contribution in [1.29, 1.82) is 0 Å². The van der Waals surface area contributed by atoms with Gasteiger partial charge in [-0.2, -0.15) is 14.6 Å². The molecule has 2 aromatic carbocycles. The van der Waals surface area contributed by atoms with Crippen LogP contribution in [0.4, 0.5) is 0 Å². The lowest BCUT2D eigenvalue weighted by atomic mass is 10.1. The van der Waals surface area contributed by atoms with Crippen LogP contribution in [0.25, 0.3) is 17.3 Å². The summed E-state index contributed by atoms with van der Waals surface area (Å²) in [5.41, 5.74) is 2.54. The molecule has 164 valence electrons. The van der Waals surface area contributed by atoms with Crippen LogP contribution < -0.4 is 11.1 Å². The van der Waals surface area contributed by atoms with E-state index in [1.54, 1.807) is 19.1 Å². The molecule has 2 heterocycles. The minimum absolute atomic E-state index is 0.00159. The molecule has 32 heavy (non-hydrogen) atoms. The summed E-state index contributed by atoms with van der Waals surface area (Å²) in [4.78, 5) is 25.8. The molecule has 0 aliphatic heterocycles. The molecule has 0 bridgehead atoms. The van der Waals surface area contributed by atoms with Crippen LogP contribution >= 0.6 is 23.2 Å². The molecule has 0 saturated carbocycles. The van der Waals surface area contributed by atoms with Crippen LogP contribution in [0, 0.1) is 6.92 Å². The van der Waals surface area contributed by atoms with E-state index in [9.17, 15) is 9.59 Å². The minimum Gasteiger partial charge on any atom is -0.386 e. The van der Waals surface area contributed by atoms with Crippen LogP contribution in [-0.2, 0) is 17.8 Å². The quantitative estimate of drug-likeness (QED) is 0.442. The zero-order valence-electron chi connectivity index (χ0n) is 17.0. The maximum Gasteiger partial charge on any atom is 0.437 e. The Morgan fingerprint density at radius 2 is 1.84 bits per heavy atom. The minimum atomic E-state index is -0.756. The normalized spacial score (nSPS) is 11.0. The average molecular weight is 473 g/mol. The lowest BCUT2D eigenvalue weighted by Crippen LogP contribution is -2.32. The van der Waals surface area contributed by atoms with Gasteiger partial charge in [0.15, 0.2) is 5.69 Å². The molecule has 0 aliphatic rings. The van der Waals surface area contributed by atoms with Crippen LogP contribution in [0.1, 0.15) is 11.3 Å². The summed E-state index contributed by atoms with van der Waals surface area (Å²) < 4.78 is 6.15. The van der Waals surface area contributed by atoms with E-state index in [0.717, 1.165) is 15.9 Å². The first-order valence-corrected chi connectivity index (χ1v) is 10.4. The Hall–Kier alpha value is -3.43. The van der Waals surface area contributed by atoms with Crippen molar-refractivity contribution >= 4 is 29.1 Å². The van der Waals surface area contributed by atoms with E-state index in [0.29, 0.717) is 34.4 Å². The first-order chi connectivity index (χ1) is 15.4. The molecule has 0 radical (unpaired) electrons. The van der Waals surface area contributed by atoms with E-state index in [1.807, 2.05) is 36.4 Å². The number of halogens is 2. The molecule has 9 nitrogen and oxygen atoms in total. The molecule has 1 N–H and O–H groups in total. The maximum atomic E-state index is 12.2. The fourth-order valence-electron chi connectivity index (χ4n) is 2.99. The molecular formula is C21H18Cl2N6O3. The van der Waals surface area contributed by atoms with Gasteiger partial charge in [-0.3, -0.25) is 4.79 Å². The van der Waals surface area contributed by atoms with Crippen molar-refractivity contribution in [3.8, 4) is 17.3 Å². The number of aromatic nitrogens is 5. The third-order valence-electron chi connectivity index (χ3n) is 4.59. The standard InChI is InChI=1S/C21H18Cl2N6O3/c1-13-19(26-29(25-13)15-5-3-2-4-6-15)20-27-28(21(31)32-20)12-18(30)24-10-9-14-7-8-16(22)17(23)11-14/h2-8,11H,9-10,12H2,1H3,(H,24,30). The number of nitrogens with one attached hydrogen (secondary N) is 1. The average Bonchev–Trinajstić information content (AvgIpc) is 3.33. The van der Waals surface area contributed by atoms with Gasteiger partial charge in [-0.25, -0.2) is 4.79 Å². The number of carbonyl (C=O) groups excluding carboxylic acids is 1. The van der Waals surface area contributed by atoms with Crippen LogP contribution in [0.5, 0.6) is 0 Å². The molecule has 11 heteroatoms. The van der Waals surface area contributed by atoms with Gasteiger partial charge in [-0.1, -0.05) is 47.5 Å². The number of para-hydroxylation sites is 1. The molecule has 0 aliphatic carbocycles. The smallest absolute Gasteiger partial charge is 0.386 e. The van der Waals surface area contributed by atoms with Crippen LogP contribution in [0.15, 0.2) is 57.7 Å². The van der Waals surface area contributed by atoms with E-state index in [-0.39, 0.29) is 18.3 Å². The molecule has 0 atom stereocenters. The second kappa shape index (κ2) is 9.37. The lowest BCUT2D eigenvalue weighted by molar-refractivity contribution is -0.121. The summed E-state index contributed by atoms with van der Waals surface area (Å²) in [5.74, 6) is -1.14. The Morgan fingerprint density at radius 1 is 1.06 bits per heavy atom. The Labute approximate surface area is 192 Å². The van der Waals surface area contributed by atoms with Gasteiger partial charge in [0.2, 0.25) is 5.91 Å². The summed E-state index contributed by atoms with van der Waals surface area (Å²) in [6.45, 7) is 1.81. The van der Waals surface area contributed by atoms with Crippen molar-refractivity contribution < 1.29 is 9.21 Å². The third kappa shape index (κ3) is 4.90. The van der Waals surface area contributed by atoms with Crippen molar-refractivity contribution in [3.05, 3.63) is 80.4 Å². The first kappa shape index (κ1) is 21.8. The van der Waals surface area contributed by atoms with Crippen molar-refractivity contribution in [2.75, 3.05) is 6.54 Å². The molecule has 0 fully saturated rings. The molecule has 0 unspecified atom stereocenters. The van der Waals surface area contributed by atoms with Gasteiger partial charge in [-0.05, 0) is 43.2 Å². The number of rotatable bonds is 7. The van der Waals surface area contributed by atoms with E-state index in [2.05, 4.69) is 20.6 Å². The highest BCUT2D eigenvalue weighted by atomic mass is 35.5. The summed E-state index contributed by atoms with van der Waals surface area (Å²) in [6.07, 6.45) is 0.559. The fourth-order valence-corrected chi connectivity index (χ4v) is 3.31. The monoisotopic (exact) mass is 472 g/mol. The van der Waals surface area contributed by atoms with Crippen molar-refractivity contribution in [2.24, 2.45) is 0 Å². The first-order valence-electron chi connectivity index (χ1n) is 9.69. The number of aryl methyl sites for hydroxylation is 1. The van der Waals surface area contributed by atoms with Gasteiger partial charge < -0.3 is 9.73 Å².